The number of para-hydroxylation sites is 1. The van der Waals surface area contributed by atoms with Crippen molar-refractivity contribution in [2.45, 2.75) is 24.0 Å². The van der Waals surface area contributed by atoms with Gasteiger partial charge in [-0.05, 0) is 31.3 Å². The summed E-state index contributed by atoms with van der Waals surface area (Å²) in [5, 5.41) is 15.3. The summed E-state index contributed by atoms with van der Waals surface area (Å²) < 4.78 is 5.73. The van der Waals surface area contributed by atoms with Crippen molar-refractivity contribution in [3.63, 3.8) is 0 Å². The fourth-order valence-corrected chi connectivity index (χ4v) is 5.12. The van der Waals surface area contributed by atoms with E-state index >= 15 is 0 Å². The summed E-state index contributed by atoms with van der Waals surface area (Å²) in [5.74, 6) is 1.88. The lowest BCUT2D eigenvalue weighted by Crippen LogP contribution is -2.44. The highest BCUT2D eigenvalue weighted by molar-refractivity contribution is 8.00. The van der Waals surface area contributed by atoms with Crippen LogP contribution in [-0.4, -0.2) is 70.7 Å². The van der Waals surface area contributed by atoms with E-state index in [0.717, 1.165) is 54.4 Å². The predicted molar refractivity (Wildman–Crippen MR) is 148 cm³/mol. The van der Waals surface area contributed by atoms with E-state index in [1.165, 1.54) is 4.90 Å². The molecule has 3 N–H and O–H groups in total. The lowest BCUT2D eigenvalue weighted by Gasteiger charge is -2.34. The molecule has 1 fully saturated rings. The largest absolute Gasteiger partial charge is 0.494 e. The van der Waals surface area contributed by atoms with Crippen LogP contribution < -0.4 is 20.3 Å². The maximum Gasteiger partial charge on any atom is 0.231 e. The number of ether oxygens (including phenoxy) is 1. The third-order valence-corrected chi connectivity index (χ3v) is 7.19. The number of rotatable bonds is 8. The third kappa shape index (κ3) is 5.34. The lowest BCUT2D eigenvalue weighted by molar-refractivity contribution is 0.312. The zero-order chi connectivity index (χ0) is 25.1. The first-order chi connectivity index (χ1) is 17.5. The number of H-pyrrole nitrogens is 1. The number of nitrogens with one attached hydrogen (secondary N) is 3. The van der Waals surface area contributed by atoms with Crippen molar-refractivity contribution in [1.82, 2.24) is 25.1 Å². The van der Waals surface area contributed by atoms with Gasteiger partial charge in [-0.2, -0.15) is 15.1 Å². The summed E-state index contributed by atoms with van der Waals surface area (Å²) in [7, 11) is 3.84. The molecule has 0 bridgehead atoms. The number of hydrogen-bond acceptors (Lipinski definition) is 9. The van der Waals surface area contributed by atoms with Gasteiger partial charge in [0.25, 0.3) is 0 Å². The molecule has 2 aromatic carbocycles. The second-order valence-electron chi connectivity index (χ2n) is 9.12. The minimum atomic E-state index is 0.453. The number of anilines is 5. The van der Waals surface area contributed by atoms with Gasteiger partial charge < -0.3 is 25.2 Å². The van der Waals surface area contributed by atoms with Crippen molar-refractivity contribution in [3.05, 3.63) is 48.7 Å². The minimum absolute atomic E-state index is 0.453. The van der Waals surface area contributed by atoms with Gasteiger partial charge >= 0.3 is 0 Å². The summed E-state index contributed by atoms with van der Waals surface area (Å²) in [6.45, 7) is 8.47. The van der Waals surface area contributed by atoms with Gasteiger partial charge in [0.1, 0.15) is 11.6 Å². The lowest BCUT2D eigenvalue weighted by atomic mass is 10.2. The van der Waals surface area contributed by atoms with Gasteiger partial charge in [0, 0.05) is 48.1 Å². The molecule has 0 atom stereocenters. The number of aromatic amines is 1. The molecular weight excluding hydrogens is 472 g/mol. The molecule has 0 amide bonds. The number of methoxy groups -OCH3 is 1. The van der Waals surface area contributed by atoms with Crippen LogP contribution in [0, 0.1) is 0 Å². The van der Waals surface area contributed by atoms with Gasteiger partial charge in [-0.1, -0.05) is 26.0 Å². The molecule has 3 heterocycles. The van der Waals surface area contributed by atoms with Crippen molar-refractivity contribution in [2.24, 2.45) is 0 Å². The molecule has 10 heteroatoms. The number of nitrogens with zero attached hydrogens (tertiary/aromatic N) is 5. The van der Waals surface area contributed by atoms with Crippen molar-refractivity contribution >= 4 is 51.6 Å². The van der Waals surface area contributed by atoms with E-state index in [-0.39, 0.29) is 0 Å². The second kappa shape index (κ2) is 10.6. The molecule has 0 radical (unpaired) electrons. The highest BCUT2D eigenvalue weighted by Gasteiger charge is 2.17. The third-order valence-electron chi connectivity index (χ3n) is 6.11. The number of likely N-dealkylation sites (N-methyl/N-ethyl adjacent to an activating group) is 1. The van der Waals surface area contributed by atoms with Crippen LogP contribution in [0.25, 0.3) is 11.0 Å². The van der Waals surface area contributed by atoms with E-state index in [4.69, 9.17) is 9.72 Å². The Kier molecular flexibility index (Phi) is 7.15. The normalized spacial score (nSPS) is 14.4. The summed E-state index contributed by atoms with van der Waals surface area (Å²) >= 11 is 1.81. The first-order valence-corrected chi connectivity index (χ1v) is 13.0. The first-order valence-electron chi connectivity index (χ1n) is 12.1. The SMILES string of the molecule is COc1cc(N2CCN(C)CC2)ccc1Nc1nc(Nc2ccccc2SC(C)C)c2cn[nH]c2n1. The van der Waals surface area contributed by atoms with Gasteiger partial charge in [-0.15, -0.1) is 11.8 Å². The Morgan fingerprint density at radius 2 is 1.81 bits per heavy atom. The summed E-state index contributed by atoms with van der Waals surface area (Å²) in [6.07, 6.45) is 1.74. The fourth-order valence-electron chi connectivity index (χ4n) is 4.21. The zero-order valence-corrected chi connectivity index (χ0v) is 21.9. The Bertz CT molecular complexity index is 1330. The summed E-state index contributed by atoms with van der Waals surface area (Å²) in [4.78, 5) is 15.3. The molecule has 1 saturated heterocycles. The highest BCUT2D eigenvalue weighted by atomic mass is 32.2. The Labute approximate surface area is 215 Å². The van der Waals surface area contributed by atoms with Gasteiger partial charge in [0.15, 0.2) is 5.65 Å². The van der Waals surface area contributed by atoms with E-state index < -0.39 is 0 Å². The highest BCUT2D eigenvalue weighted by Crippen LogP contribution is 2.35. The first kappa shape index (κ1) is 24.2. The van der Waals surface area contributed by atoms with Crippen LogP contribution in [0.1, 0.15) is 13.8 Å². The number of fused-ring (bicyclic) bond motifs is 1. The maximum absolute atomic E-state index is 5.73. The Morgan fingerprint density at radius 1 is 1.00 bits per heavy atom. The molecule has 9 nitrogen and oxygen atoms in total. The molecule has 0 unspecified atom stereocenters. The average Bonchev–Trinajstić information content (AvgIpc) is 3.35. The smallest absolute Gasteiger partial charge is 0.231 e. The van der Waals surface area contributed by atoms with Gasteiger partial charge in [-0.25, -0.2) is 0 Å². The van der Waals surface area contributed by atoms with E-state index in [2.05, 4.69) is 80.8 Å². The van der Waals surface area contributed by atoms with E-state index in [1.54, 1.807) is 13.3 Å². The zero-order valence-electron chi connectivity index (χ0n) is 21.1. The Morgan fingerprint density at radius 3 is 2.58 bits per heavy atom. The monoisotopic (exact) mass is 504 g/mol. The maximum atomic E-state index is 5.73. The van der Waals surface area contributed by atoms with Crippen LogP contribution in [0.5, 0.6) is 5.75 Å². The van der Waals surface area contributed by atoms with Crippen molar-refractivity contribution in [1.29, 1.82) is 0 Å². The second-order valence-corrected chi connectivity index (χ2v) is 10.7. The topological polar surface area (TPSA) is 94.2 Å². The number of aromatic nitrogens is 4. The van der Waals surface area contributed by atoms with Crippen LogP contribution in [0.3, 0.4) is 0 Å². The van der Waals surface area contributed by atoms with Crippen molar-refractivity contribution < 1.29 is 4.74 Å². The number of hydrogen-bond donors (Lipinski definition) is 3. The quantitative estimate of drug-likeness (QED) is 0.283. The minimum Gasteiger partial charge on any atom is -0.494 e. The van der Waals surface area contributed by atoms with Gasteiger partial charge in [-0.3, -0.25) is 5.10 Å². The van der Waals surface area contributed by atoms with Crippen LogP contribution in [0.2, 0.25) is 0 Å². The molecule has 0 aliphatic carbocycles. The molecule has 1 aliphatic rings. The van der Waals surface area contributed by atoms with Crippen molar-refractivity contribution in [3.8, 4) is 5.75 Å². The summed E-state index contributed by atoms with van der Waals surface area (Å²) in [6, 6.07) is 14.5. The number of benzene rings is 2. The molecular formula is C26H32N8OS. The van der Waals surface area contributed by atoms with Crippen LogP contribution in [-0.2, 0) is 0 Å². The van der Waals surface area contributed by atoms with Crippen LogP contribution in [0.4, 0.5) is 28.8 Å². The van der Waals surface area contributed by atoms with Crippen LogP contribution >= 0.6 is 11.8 Å². The molecule has 0 spiro atoms. The molecule has 36 heavy (non-hydrogen) atoms. The van der Waals surface area contributed by atoms with E-state index in [9.17, 15) is 0 Å². The molecule has 0 saturated carbocycles. The predicted octanol–water partition coefficient (Wildman–Crippen LogP) is 5.10. The Balaban J connectivity index is 1.43. The standard InChI is InChI=1S/C26H32N8OS/c1-17(2)36-23-8-6-5-7-21(23)28-24-19-16-27-32-25(19)31-26(30-24)29-20-10-9-18(15-22(20)35-4)34-13-11-33(3)12-14-34/h5-10,15-17H,11-14H2,1-4H3,(H3,27,28,29,30,31,32). The molecule has 4 aromatic rings. The molecule has 2 aromatic heterocycles. The summed E-state index contributed by atoms with van der Waals surface area (Å²) in [5.41, 5.74) is 3.60. The number of piperazine rings is 1. The van der Waals surface area contributed by atoms with Crippen LogP contribution in [0.15, 0.2) is 53.6 Å². The molecule has 188 valence electrons. The van der Waals surface area contributed by atoms with Crippen molar-refractivity contribution in [2.75, 3.05) is 55.9 Å². The Hall–Kier alpha value is -3.50. The van der Waals surface area contributed by atoms with E-state index in [1.807, 2.05) is 30.0 Å². The van der Waals surface area contributed by atoms with Gasteiger partial charge in [0.05, 0.1) is 30.1 Å². The molecule has 1 aliphatic heterocycles. The number of thioether (sulfide) groups is 1. The molecule has 5 rings (SSSR count). The van der Waals surface area contributed by atoms with Gasteiger partial charge in [0.2, 0.25) is 5.95 Å². The average molecular weight is 505 g/mol. The fraction of sp³-hybridized carbons (Fsp3) is 0.346. The van der Waals surface area contributed by atoms with E-state index in [0.29, 0.717) is 22.7 Å².